The largest absolute Gasteiger partial charge is 0.328 e. The molecule has 3 rings (SSSR count). The van der Waals surface area contributed by atoms with E-state index >= 15 is 0 Å². The maximum atomic E-state index is 12.1. The number of benzene rings is 1. The van der Waals surface area contributed by atoms with Gasteiger partial charge >= 0.3 is 5.69 Å². The molecular formula is C13H17Cl2N3O. The third kappa shape index (κ3) is 2.66. The Morgan fingerprint density at radius 1 is 1.26 bits per heavy atom. The zero-order valence-corrected chi connectivity index (χ0v) is 12.0. The summed E-state index contributed by atoms with van der Waals surface area (Å²) in [6.07, 6.45) is 3.87. The van der Waals surface area contributed by atoms with Gasteiger partial charge in [0.15, 0.2) is 0 Å². The Kier molecular flexibility index (Phi) is 4.23. The number of hydrogen-bond acceptors (Lipinski definition) is 2. The number of fused-ring (bicyclic) bond motifs is 1. The topological polar surface area (TPSA) is 63.8 Å². The Balaban J connectivity index is 0.00000133. The Bertz CT molecular complexity index is 626. The minimum atomic E-state index is -0.0484. The summed E-state index contributed by atoms with van der Waals surface area (Å²) in [5, 5.41) is 0.655. The van der Waals surface area contributed by atoms with Crippen LogP contribution in [-0.2, 0) is 0 Å². The number of rotatable bonds is 1. The van der Waals surface area contributed by atoms with E-state index in [1.807, 2.05) is 16.7 Å². The minimum absolute atomic E-state index is 0. The molecule has 1 aliphatic rings. The molecule has 1 aliphatic carbocycles. The van der Waals surface area contributed by atoms with E-state index in [1.165, 1.54) is 0 Å². The lowest BCUT2D eigenvalue weighted by Gasteiger charge is -2.27. The molecule has 1 fully saturated rings. The summed E-state index contributed by atoms with van der Waals surface area (Å²) < 4.78 is 1.84. The van der Waals surface area contributed by atoms with Crippen LogP contribution in [0, 0.1) is 0 Å². The number of H-pyrrole nitrogens is 1. The predicted octanol–water partition coefficient (Wildman–Crippen LogP) is 2.85. The van der Waals surface area contributed by atoms with E-state index in [0.29, 0.717) is 5.02 Å². The Morgan fingerprint density at radius 2 is 1.95 bits per heavy atom. The van der Waals surface area contributed by atoms with Crippen LogP contribution in [0.4, 0.5) is 0 Å². The SMILES string of the molecule is Cl.NC1CCC(n2c(=O)[nH]c3ccc(Cl)cc32)CC1. The lowest BCUT2D eigenvalue weighted by Crippen LogP contribution is -2.31. The van der Waals surface area contributed by atoms with Gasteiger partial charge in [-0.05, 0) is 43.9 Å². The standard InChI is InChI=1S/C13H16ClN3O.ClH/c14-8-1-6-11-12(7-8)17(13(18)16-11)10-4-2-9(15)3-5-10;/h1,6-7,9-10H,2-5,15H2,(H,16,18);1H. The molecule has 1 heterocycles. The molecule has 1 aromatic carbocycles. The molecule has 0 bridgehead atoms. The summed E-state index contributed by atoms with van der Waals surface area (Å²) in [6, 6.07) is 6.02. The van der Waals surface area contributed by atoms with E-state index in [1.54, 1.807) is 6.07 Å². The van der Waals surface area contributed by atoms with Gasteiger partial charge in [-0.25, -0.2) is 4.79 Å². The Hall–Kier alpha value is -0.970. The Morgan fingerprint density at radius 3 is 2.63 bits per heavy atom. The molecule has 0 amide bonds. The summed E-state index contributed by atoms with van der Waals surface area (Å²) in [5.41, 5.74) is 7.60. The summed E-state index contributed by atoms with van der Waals surface area (Å²) in [4.78, 5) is 14.9. The predicted molar refractivity (Wildman–Crippen MR) is 80.3 cm³/mol. The molecular weight excluding hydrogens is 285 g/mol. The second-order valence-electron chi connectivity index (χ2n) is 5.03. The van der Waals surface area contributed by atoms with Crippen LogP contribution in [0.2, 0.25) is 5.02 Å². The first-order valence-corrected chi connectivity index (χ1v) is 6.68. The van der Waals surface area contributed by atoms with Gasteiger partial charge in [0, 0.05) is 17.1 Å². The van der Waals surface area contributed by atoms with E-state index in [0.717, 1.165) is 36.7 Å². The quantitative estimate of drug-likeness (QED) is 0.851. The van der Waals surface area contributed by atoms with Crippen molar-refractivity contribution in [1.82, 2.24) is 9.55 Å². The van der Waals surface area contributed by atoms with E-state index in [4.69, 9.17) is 17.3 Å². The number of aromatic amines is 1. The van der Waals surface area contributed by atoms with Crippen LogP contribution >= 0.6 is 24.0 Å². The summed E-state index contributed by atoms with van der Waals surface area (Å²) in [5.74, 6) is 0. The fourth-order valence-electron chi connectivity index (χ4n) is 2.82. The van der Waals surface area contributed by atoms with Crippen molar-refractivity contribution < 1.29 is 0 Å². The molecule has 0 aliphatic heterocycles. The van der Waals surface area contributed by atoms with Crippen molar-refractivity contribution in [3.8, 4) is 0 Å². The third-order valence-corrected chi connectivity index (χ3v) is 4.02. The molecule has 4 nitrogen and oxygen atoms in total. The number of aromatic nitrogens is 2. The zero-order valence-electron chi connectivity index (χ0n) is 10.4. The highest BCUT2D eigenvalue weighted by Gasteiger charge is 2.23. The van der Waals surface area contributed by atoms with Gasteiger partial charge in [0.05, 0.1) is 11.0 Å². The van der Waals surface area contributed by atoms with Crippen molar-refractivity contribution in [3.05, 3.63) is 33.7 Å². The van der Waals surface area contributed by atoms with Gasteiger partial charge in [-0.1, -0.05) is 11.6 Å². The van der Waals surface area contributed by atoms with E-state index < -0.39 is 0 Å². The number of halogens is 2. The molecule has 1 saturated carbocycles. The molecule has 104 valence electrons. The molecule has 6 heteroatoms. The molecule has 0 saturated heterocycles. The summed E-state index contributed by atoms with van der Waals surface area (Å²) in [7, 11) is 0. The number of nitrogens with zero attached hydrogens (tertiary/aromatic N) is 1. The molecule has 1 aromatic heterocycles. The fraction of sp³-hybridized carbons (Fsp3) is 0.462. The highest BCUT2D eigenvalue weighted by atomic mass is 35.5. The number of nitrogens with one attached hydrogen (secondary N) is 1. The first-order valence-electron chi connectivity index (χ1n) is 6.30. The first kappa shape index (κ1) is 14.4. The van der Waals surface area contributed by atoms with Gasteiger partial charge in [0.1, 0.15) is 0 Å². The van der Waals surface area contributed by atoms with E-state index in [2.05, 4.69) is 4.98 Å². The van der Waals surface area contributed by atoms with Crippen LogP contribution in [-0.4, -0.2) is 15.6 Å². The van der Waals surface area contributed by atoms with Crippen LogP contribution < -0.4 is 11.4 Å². The molecule has 2 aromatic rings. The number of nitrogens with two attached hydrogens (primary N) is 1. The van der Waals surface area contributed by atoms with Crippen molar-refractivity contribution in [3.63, 3.8) is 0 Å². The second kappa shape index (κ2) is 5.57. The number of imidazole rings is 1. The molecule has 19 heavy (non-hydrogen) atoms. The molecule has 0 spiro atoms. The van der Waals surface area contributed by atoms with E-state index in [9.17, 15) is 4.79 Å². The fourth-order valence-corrected chi connectivity index (χ4v) is 2.98. The van der Waals surface area contributed by atoms with Crippen molar-refractivity contribution >= 4 is 35.0 Å². The van der Waals surface area contributed by atoms with Crippen molar-refractivity contribution in [2.45, 2.75) is 37.8 Å². The Labute approximate surface area is 122 Å². The van der Waals surface area contributed by atoms with Crippen molar-refractivity contribution in [2.75, 3.05) is 0 Å². The van der Waals surface area contributed by atoms with Crippen molar-refractivity contribution in [2.24, 2.45) is 5.73 Å². The zero-order chi connectivity index (χ0) is 12.7. The third-order valence-electron chi connectivity index (χ3n) is 3.79. The first-order chi connectivity index (χ1) is 8.65. The highest BCUT2D eigenvalue weighted by Crippen LogP contribution is 2.29. The van der Waals surface area contributed by atoms with Gasteiger partial charge in [-0.3, -0.25) is 4.57 Å². The van der Waals surface area contributed by atoms with Gasteiger partial charge < -0.3 is 10.7 Å². The van der Waals surface area contributed by atoms with Gasteiger partial charge in [-0.2, -0.15) is 0 Å². The van der Waals surface area contributed by atoms with E-state index in [-0.39, 0.29) is 30.2 Å². The normalized spacial score (nSPS) is 23.3. The molecule has 0 radical (unpaired) electrons. The maximum absolute atomic E-state index is 12.1. The average Bonchev–Trinajstić information content (AvgIpc) is 2.66. The van der Waals surface area contributed by atoms with Crippen LogP contribution in [0.15, 0.2) is 23.0 Å². The maximum Gasteiger partial charge on any atom is 0.326 e. The van der Waals surface area contributed by atoms with Crippen molar-refractivity contribution in [1.29, 1.82) is 0 Å². The summed E-state index contributed by atoms with van der Waals surface area (Å²) in [6.45, 7) is 0. The smallest absolute Gasteiger partial charge is 0.326 e. The minimum Gasteiger partial charge on any atom is -0.328 e. The summed E-state index contributed by atoms with van der Waals surface area (Å²) >= 11 is 6.01. The van der Waals surface area contributed by atoms with Crippen LogP contribution in [0.1, 0.15) is 31.7 Å². The second-order valence-corrected chi connectivity index (χ2v) is 5.47. The average molecular weight is 302 g/mol. The lowest BCUT2D eigenvalue weighted by atomic mass is 9.91. The molecule has 0 unspecified atom stereocenters. The lowest BCUT2D eigenvalue weighted by molar-refractivity contribution is 0.324. The van der Waals surface area contributed by atoms with Gasteiger partial charge in [-0.15, -0.1) is 12.4 Å². The number of hydrogen-bond donors (Lipinski definition) is 2. The molecule has 3 N–H and O–H groups in total. The van der Waals surface area contributed by atoms with Crippen LogP contribution in [0.3, 0.4) is 0 Å². The van der Waals surface area contributed by atoms with Gasteiger partial charge in [0.2, 0.25) is 0 Å². The van der Waals surface area contributed by atoms with Gasteiger partial charge in [0.25, 0.3) is 0 Å². The highest BCUT2D eigenvalue weighted by molar-refractivity contribution is 6.31. The van der Waals surface area contributed by atoms with Crippen LogP contribution in [0.5, 0.6) is 0 Å². The molecule has 0 atom stereocenters. The van der Waals surface area contributed by atoms with Crippen LogP contribution in [0.25, 0.3) is 11.0 Å². The monoisotopic (exact) mass is 301 g/mol.